The van der Waals surface area contributed by atoms with Crippen LogP contribution in [0.3, 0.4) is 0 Å². The predicted octanol–water partition coefficient (Wildman–Crippen LogP) is 5.17. The van der Waals surface area contributed by atoms with Gasteiger partial charge in [-0.1, -0.05) is 30.3 Å². The molecule has 130 valence electrons. The molecule has 2 heterocycles. The Balaban J connectivity index is 1.80. The summed E-state index contributed by atoms with van der Waals surface area (Å²) in [5.41, 5.74) is 7.49. The molecule has 0 amide bonds. The van der Waals surface area contributed by atoms with Crippen molar-refractivity contribution in [1.29, 1.82) is 0 Å². The molecule has 0 bridgehead atoms. The molecule has 0 radical (unpaired) electrons. The number of rotatable bonds is 3. The average molecular weight is 343 g/mol. The fraction of sp³-hybridized carbons (Fsp3) is 0.136. The fourth-order valence-electron chi connectivity index (χ4n) is 3.47. The smallest absolute Gasteiger partial charge is 0.140 e. The van der Waals surface area contributed by atoms with E-state index >= 15 is 0 Å². The Morgan fingerprint density at radius 3 is 2.31 bits per heavy atom. The third-order valence-electron chi connectivity index (χ3n) is 4.73. The summed E-state index contributed by atoms with van der Waals surface area (Å²) in [7, 11) is 0. The van der Waals surface area contributed by atoms with E-state index in [2.05, 4.69) is 48.5 Å². The van der Waals surface area contributed by atoms with Crippen LogP contribution in [0.25, 0.3) is 28.3 Å². The second-order valence-electron chi connectivity index (χ2n) is 6.56. The van der Waals surface area contributed by atoms with Crippen LogP contribution in [0.15, 0.2) is 60.7 Å². The molecule has 2 aromatic carbocycles. The molecule has 26 heavy (non-hydrogen) atoms. The van der Waals surface area contributed by atoms with E-state index in [9.17, 15) is 5.11 Å². The highest BCUT2D eigenvalue weighted by Crippen LogP contribution is 2.31. The Bertz CT molecular complexity index is 1060. The summed E-state index contributed by atoms with van der Waals surface area (Å²) in [4.78, 5) is 8.30. The number of H-pyrrole nitrogens is 1. The minimum absolute atomic E-state index is 0.269. The molecule has 0 fully saturated rings. The van der Waals surface area contributed by atoms with Gasteiger partial charge >= 0.3 is 0 Å². The zero-order valence-electron chi connectivity index (χ0n) is 15.1. The van der Waals surface area contributed by atoms with Gasteiger partial charge in [0.1, 0.15) is 11.6 Å². The fourth-order valence-corrected chi connectivity index (χ4v) is 3.47. The normalized spacial score (nSPS) is 11.0. The lowest BCUT2D eigenvalue weighted by Crippen LogP contribution is -1.98. The van der Waals surface area contributed by atoms with Gasteiger partial charge in [-0.2, -0.15) is 0 Å². The molecule has 0 aliphatic carbocycles. The predicted molar refractivity (Wildman–Crippen MR) is 105 cm³/mol. The summed E-state index contributed by atoms with van der Waals surface area (Å²) in [5, 5.41) is 9.54. The van der Waals surface area contributed by atoms with E-state index in [0.29, 0.717) is 0 Å². The number of aromatic hydroxyl groups is 1. The third-order valence-corrected chi connectivity index (χ3v) is 4.73. The van der Waals surface area contributed by atoms with Crippen molar-refractivity contribution in [1.82, 2.24) is 14.5 Å². The lowest BCUT2D eigenvalue weighted by atomic mass is 10.1. The first-order valence-electron chi connectivity index (χ1n) is 8.65. The van der Waals surface area contributed by atoms with E-state index in [1.165, 1.54) is 0 Å². The van der Waals surface area contributed by atoms with Crippen molar-refractivity contribution in [3.63, 3.8) is 0 Å². The molecule has 0 saturated carbocycles. The van der Waals surface area contributed by atoms with Gasteiger partial charge in [-0.25, -0.2) is 4.98 Å². The summed E-state index contributed by atoms with van der Waals surface area (Å²) in [6, 6.07) is 19.6. The summed E-state index contributed by atoms with van der Waals surface area (Å²) in [6.45, 7) is 6.23. The Morgan fingerprint density at radius 1 is 0.923 bits per heavy atom. The quantitative estimate of drug-likeness (QED) is 0.539. The van der Waals surface area contributed by atoms with Crippen molar-refractivity contribution < 1.29 is 5.11 Å². The van der Waals surface area contributed by atoms with Gasteiger partial charge in [0.15, 0.2) is 0 Å². The first-order chi connectivity index (χ1) is 12.5. The Morgan fingerprint density at radius 2 is 1.62 bits per heavy atom. The van der Waals surface area contributed by atoms with Crippen LogP contribution in [0.1, 0.15) is 17.1 Å². The number of nitrogens with zero attached hydrogens (tertiary/aromatic N) is 2. The summed E-state index contributed by atoms with van der Waals surface area (Å²) in [6.07, 6.45) is 0. The van der Waals surface area contributed by atoms with E-state index in [1.807, 2.05) is 30.3 Å². The highest BCUT2D eigenvalue weighted by molar-refractivity contribution is 5.69. The number of phenols is 1. The summed E-state index contributed by atoms with van der Waals surface area (Å²) >= 11 is 0. The van der Waals surface area contributed by atoms with Crippen LogP contribution in [0, 0.1) is 20.8 Å². The van der Waals surface area contributed by atoms with E-state index in [0.717, 1.165) is 45.4 Å². The maximum absolute atomic E-state index is 9.54. The standard InChI is InChI=1S/C22H21N3O/c1-14-13-20(16(3)25(14)18-9-11-19(26)12-10-18)22-23-15(2)21(24-22)17-7-5-4-6-8-17/h4-13,26H,1-3H3,(H,23,24). The second kappa shape index (κ2) is 6.23. The van der Waals surface area contributed by atoms with E-state index in [-0.39, 0.29) is 5.75 Å². The van der Waals surface area contributed by atoms with Crippen molar-refractivity contribution in [2.75, 3.05) is 0 Å². The van der Waals surface area contributed by atoms with Gasteiger partial charge in [-0.05, 0) is 51.1 Å². The van der Waals surface area contributed by atoms with Crippen LogP contribution in [0.4, 0.5) is 0 Å². The summed E-state index contributed by atoms with van der Waals surface area (Å²) in [5.74, 6) is 1.14. The van der Waals surface area contributed by atoms with Gasteiger partial charge in [-0.3, -0.25) is 0 Å². The molecular formula is C22H21N3O. The molecule has 4 nitrogen and oxygen atoms in total. The highest BCUT2D eigenvalue weighted by Gasteiger charge is 2.17. The van der Waals surface area contributed by atoms with Gasteiger partial charge in [0.05, 0.1) is 5.69 Å². The van der Waals surface area contributed by atoms with E-state index in [1.54, 1.807) is 12.1 Å². The molecule has 0 saturated heterocycles. The number of benzene rings is 2. The molecule has 4 rings (SSSR count). The Labute approximate surface area is 152 Å². The number of hydrogen-bond donors (Lipinski definition) is 2. The molecule has 4 heteroatoms. The molecule has 0 aliphatic heterocycles. The topological polar surface area (TPSA) is 53.8 Å². The molecule has 2 N–H and O–H groups in total. The van der Waals surface area contributed by atoms with E-state index < -0.39 is 0 Å². The third kappa shape index (κ3) is 2.69. The molecule has 0 unspecified atom stereocenters. The first-order valence-corrected chi connectivity index (χ1v) is 8.65. The molecule has 0 spiro atoms. The number of phenolic OH excluding ortho intramolecular Hbond substituents is 1. The van der Waals surface area contributed by atoms with Gasteiger partial charge in [-0.15, -0.1) is 0 Å². The SMILES string of the molecule is Cc1[nH]c(-c2cc(C)n(-c3ccc(O)cc3)c2C)nc1-c1ccccc1. The maximum Gasteiger partial charge on any atom is 0.140 e. The van der Waals surface area contributed by atoms with Crippen molar-refractivity contribution >= 4 is 0 Å². The number of aromatic nitrogens is 3. The zero-order valence-corrected chi connectivity index (χ0v) is 15.1. The molecular weight excluding hydrogens is 322 g/mol. The minimum atomic E-state index is 0.269. The van der Waals surface area contributed by atoms with Crippen molar-refractivity contribution in [3.05, 3.63) is 77.7 Å². The highest BCUT2D eigenvalue weighted by atomic mass is 16.3. The van der Waals surface area contributed by atoms with Crippen molar-refractivity contribution in [3.8, 4) is 34.1 Å². The van der Waals surface area contributed by atoms with Crippen LogP contribution in [0.2, 0.25) is 0 Å². The lowest BCUT2D eigenvalue weighted by Gasteiger charge is -2.09. The average Bonchev–Trinajstić information content (AvgIpc) is 3.16. The van der Waals surface area contributed by atoms with Crippen LogP contribution in [-0.4, -0.2) is 19.6 Å². The molecule has 0 atom stereocenters. The monoisotopic (exact) mass is 343 g/mol. The van der Waals surface area contributed by atoms with Gasteiger partial charge in [0.2, 0.25) is 0 Å². The maximum atomic E-state index is 9.54. The number of aromatic amines is 1. The van der Waals surface area contributed by atoms with E-state index in [4.69, 9.17) is 4.98 Å². The Hall–Kier alpha value is -3.27. The number of hydrogen-bond acceptors (Lipinski definition) is 2. The van der Waals surface area contributed by atoms with Gasteiger partial charge < -0.3 is 14.7 Å². The number of nitrogens with one attached hydrogen (secondary N) is 1. The van der Waals surface area contributed by atoms with Crippen LogP contribution < -0.4 is 0 Å². The van der Waals surface area contributed by atoms with Crippen LogP contribution in [-0.2, 0) is 0 Å². The summed E-state index contributed by atoms with van der Waals surface area (Å²) < 4.78 is 2.18. The number of aryl methyl sites for hydroxylation is 2. The molecule has 4 aromatic rings. The zero-order chi connectivity index (χ0) is 18.3. The van der Waals surface area contributed by atoms with Crippen molar-refractivity contribution in [2.24, 2.45) is 0 Å². The van der Waals surface area contributed by atoms with Crippen molar-refractivity contribution in [2.45, 2.75) is 20.8 Å². The Kier molecular flexibility index (Phi) is 3.88. The first kappa shape index (κ1) is 16.2. The molecule has 0 aliphatic rings. The van der Waals surface area contributed by atoms with Gasteiger partial charge in [0.25, 0.3) is 0 Å². The van der Waals surface area contributed by atoms with Crippen LogP contribution in [0.5, 0.6) is 5.75 Å². The van der Waals surface area contributed by atoms with Gasteiger partial charge in [0, 0.05) is 33.9 Å². The number of imidazole rings is 1. The lowest BCUT2D eigenvalue weighted by molar-refractivity contribution is 0.475. The largest absolute Gasteiger partial charge is 0.508 e. The minimum Gasteiger partial charge on any atom is -0.508 e. The molecule has 2 aromatic heterocycles. The van der Waals surface area contributed by atoms with Crippen LogP contribution >= 0.6 is 0 Å². The second-order valence-corrected chi connectivity index (χ2v) is 6.56.